The molecule has 4 atom stereocenters. The molecule has 2 aromatic rings. The highest BCUT2D eigenvalue weighted by Crippen LogP contribution is 2.64. The Kier molecular flexibility index (Phi) is 11.0. The quantitative estimate of drug-likeness (QED) is 0.155. The number of aromatic amines is 1. The number of carbonyl (C=O) groups excluding carboxylic acids is 5. The summed E-state index contributed by atoms with van der Waals surface area (Å²) in [5, 5.41) is 15.5. The third kappa shape index (κ3) is 7.86. The lowest BCUT2D eigenvalue weighted by Crippen LogP contribution is -2.51. The number of fused-ring (bicyclic) bond motifs is 3. The van der Waals surface area contributed by atoms with E-state index in [0.717, 1.165) is 22.9 Å². The zero-order valence-electron chi connectivity index (χ0n) is 28.1. The molecule has 2 aliphatic carbocycles. The zero-order chi connectivity index (χ0) is 35.6. The number of sulfonamides is 1. The maximum Gasteiger partial charge on any atom is 0.305 e. The Hall–Kier alpha value is -3.91. The Bertz CT molecular complexity index is 1730. The van der Waals surface area contributed by atoms with Crippen molar-refractivity contribution >= 4 is 56.1 Å². The summed E-state index contributed by atoms with van der Waals surface area (Å²) >= 11 is 0. The van der Waals surface area contributed by atoms with Crippen LogP contribution in [0.1, 0.15) is 82.6 Å². The molecule has 4 unspecified atom stereocenters. The van der Waals surface area contributed by atoms with E-state index in [9.17, 15) is 42.3 Å². The summed E-state index contributed by atoms with van der Waals surface area (Å²) in [5.74, 6) is -5.12. The zero-order valence-corrected chi connectivity index (χ0v) is 28.9. The number of hydrogen-bond acceptors (Lipinski definition) is 8. The van der Waals surface area contributed by atoms with Gasteiger partial charge < -0.3 is 20.7 Å². The molecule has 1 aromatic carbocycles. The number of ketones is 3. The first-order valence-electron chi connectivity index (χ1n) is 16.3. The van der Waals surface area contributed by atoms with Crippen LogP contribution in [0.25, 0.3) is 10.9 Å². The van der Waals surface area contributed by atoms with Crippen LogP contribution in [0.4, 0.5) is 0 Å². The Balaban J connectivity index is 1.33. The van der Waals surface area contributed by atoms with Gasteiger partial charge in [-0.15, -0.1) is 0 Å². The van der Waals surface area contributed by atoms with Crippen LogP contribution in [0.15, 0.2) is 24.4 Å². The lowest BCUT2D eigenvalue weighted by atomic mass is 9.70. The van der Waals surface area contributed by atoms with Crippen LogP contribution in [0.3, 0.4) is 0 Å². The average Bonchev–Trinajstić information content (AvgIpc) is 3.56. The summed E-state index contributed by atoms with van der Waals surface area (Å²) in [5.41, 5.74) is 0.795. The van der Waals surface area contributed by atoms with Crippen molar-refractivity contribution in [3.63, 3.8) is 0 Å². The van der Waals surface area contributed by atoms with Gasteiger partial charge in [0.25, 0.3) is 0 Å². The molecule has 1 aromatic heterocycles. The monoisotopic (exact) mass is 686 g/mol. The number of carboxylic acid groups (broad SMARTS) is 1. The minimum Gasteiger partial charge on any atom is -0.481 e. The van der Waals surface area contributed by atoms with Crippen molar-refractivity contribution in [3.05, 3.63) is 35.5 Å². The molecular formula is C34H46N4O9S. The SMILES string of the molecule is CC(=O)c1ccc2[nH]cc(CCNC(=O)CC(C(=O)NC(CC(=O)O)C(=O)CNS(=O)(=O)CC34CCC(CC3=O)C4(C)C)C(C)C)c2c1. The van der Waals surface area contributed by atoms with Crippen molar-refractivity contribution in [1.82, 2.24) is 20.3 Å². The summed E-state index contributed by atoms with van der Waals surface area (Å²) in [6.45, 7) is 8.22. The summed E-state index contributed by atoms with van der Waals surface area (Å²) in [7, 11) is -4.11. The van der Waals surface area contributed by atoms with Crippen molar-refractivity contribution in [3.8, 4) is 0 Å². The third-order valence-corrected chi connectivity index (χ3v) is 12.0. The lowest BCUT2D eigenvalue weighted by molar-refractivity contribution is -0.141. The summed E-state index contributed by atoms with van der Waals surface area (Å²) < 4.78 is 28.4. The molecule has 13 nitrogen and oxygen atoms in total. The molecule has 4 rings (SSSR count). The van der Waals surface area contributed by atoms with Crippen LogP contribution in [0, 0.1) is 28.6 Å². The summed E-state index contributed by atoms with van der Waals surface area (Å²) in [6, 6.07) is 3.81. The molecule has 0 aliphatic heterocycles. The maximum atomic E-state index is 13.3. The van der Waals surface area contributed by atoms with Crippen LogP contribution in [0.5, 0.6) is 0 Å². The smallest absolute Gasteiger partial charge is 0.305 e. The molecule has 5 N–H and O–H groups in total. The summed E-state index contributed by atoms with van der Waals surface area (Å²) in [6.07, 6.45) is 2.80. The molecule has 2 aliphatic rings. The van der Waals surface area contributed by atoms with Gasteiger partial charge in [0.1, 0.15) is 5.78 Å². The van der Waals surface area contributed by atoms with E-state index in [-0.39, 0.29) is 36.4 Å². The summed E-state index contributed by atoms with van der Waals surface area (Å²) in [4.78, 5) is 78.6. The number of nitrogens with one attached hydrogen (secondary N) is 4. The highest BCUT2D eigenvalue weighted by molar-refractivity contribution is 7.89. The van der Waals surface area contributed by atoms with E-state index >= 15 is 0 Å². The molecule has 2 fully saturated rings. The van der Waals surface area contributed by atoms with Gasteiger partial charge in [0.2, 0.25) is 21.8 Å². The number of aliphatic carboxylic acids is 1. The molecule has 2 saturated carbocycles. The van der Waals surface area contributed by atoms with Crippen LogP contribution < -0.4 is 15.4 Å². The third-order valence-electron chi connectivity index (χ3n) is 10.6. The molecule has 2 bridgehead atoms. The highest BCUT2D eigenvalue weighted by Gasteiger charge is 2.65. The van der Waals surface area contributed by atoms with Gasteiger partial charge in [0, 0.05) is 53.4 Å². The molecule has 14 heteroatoms. The Labute approximate surface area is 280 Å². The Morgan fingerprint density at radius 2 is 1.81 bits per heavy atom. The molecule has 0 spiro atoms. The standard InChI is InChI=1S/C34H46N4O9S/c1-19(2)24(14-30(42)35-11-9-22-16-36-26-7-6-21(20(3)39)12-25(22)26)32(45)38-27(15-31(43)44)28(40)17-37-48(46,47)18-34-10-8-23(13-29(34)41)33(34,4)5/h6-7,12,16,19,23-24,27,36-37H,8-11,13-15,17-18H2,1-5H3,(H,35,42)(H,38,45)(H,43,44). The van der Waals surface area contributed by atoms with Gasteiger partial charge in [-0.05, 0) is 67.2 Å². The van der Waals surface area contributed by atoms with Crippen molar-refractivity contribution in [2.45, 2.75) is 79.2 Å². The van der Waals surface area contributed by atoms with Crippen molar-refractivity contribution < 1.29 is 42.3 Å². The van der Waals surface area contributed by atoms with Gasteiger partial charge in [-0.1, -0.05) is 27.7 Å². The number of H-pyrrole nitrogens is 1. The van der Waals surface area contributed by atoms with Gasteiger partial charge in [0.05, 0.1) is 24.8 Å². The van der Waals surface area contributed by atoms with Gasteiger partial charge in [-0.2, -0.15) is 0 Å². The van der Waals surface area contributed by atoms with E-state index in [4.69, 9.17) is 0 Å². The van der Waals surface area contributed by atoms with E-state index in [1.807, 2.05) is 26.1 Å². The second kappa shape index (κ2) is 14.3. The number of Topliss-reactive ketones (excluding diaryl/α,β-unsaturated/α-hetero) is 3. The van der Waals surface area contributed by atoms with Gasteiger partial charge in [-0.25, -0.2) is 13.1 Å². The average molecular weight is 687 g/mol. The van der Waals surface area contributed by atoms with E-state index in [1.54, 1.807) is 26.0 Å². The number of amides is 2. The minimum absolute atomic E-state index is 0.0588. The number of hydrogen-bond donors (Lipinski definition) is 5. The van der Waals surface area contributed by atoms with Crippen molar-refractivity contribution in [2.75, 3.05) is 18.8 Å². The van der Waals surface area contributed by atoms with E-state index in [0.29, 0.717) is 24.8 Å². The lowest BCUT2D eigenvalue weighted by Gasteiger charge is -2.36. The van der Waals surface area contributed by atoms with Crippen LogP contribution >= 0.6 is 0 Å². The predicted molar refractivity (Wildman–Crippen MR) is 178 cm³/mol. The maximum absolute atomic E-state index is 13.3. The molecule has 0 radical (unpaired) electrons. The molecular weight excluding hydrogens is 640 g/mol. The van der Waals surface area contributed by atoms with Crippen molar-refractivity contribution in [1.29, 1.82) is 0 Å². The van der Waals surface area contributed by atoms with Gasteiger partial charge in [-0.3, -0.25) is 28.8 Å². The number of rotatable bonds is 17. The number of carboxylic acids is 1. The van der Waals surface area contributed by atoms with Gasteiger partial charge >= 0.3 is 5.97 Å². The first-order valence-corrected chi connectivity index (χ1v) is 17.9. The largest absolute Gasteiger partial charge is 0.481 e. The second-order valence-corrected chi connectivity index (χ2v) is 16.0. The number of aromatic nitrogens is 1. The first kappa shape index (κ1) is 36.9. The fraction of sp³-hybridized carbons (Fsp3) is 0.588. The van der Waals surface area contributed by atoms with Gasteiger partial charge in [0.15, 0.2) is 11.6 Å². The molecule has 0 saturated heterocycles. The molecule has 2 amide bonds. The number of carbonyl (C=O) groups is 6. The number of benzene rings is 1. The Morgan fingerprint density at radius 1 is 1.10 bits per heavy atom. The van der Waals surface area contributed by atoms with Crippen molar-refractivity contribution in [2.24, 2.45) is 28.6 Å². The second-order valence-electron chi connectivity index (χ2n) is 14.2. The van der Waals surface area contributed by atoms with E-state index in [1.165, 1.54) is 6.92 Å². The fourth-order valence-corrected chi connectivity index (χ4v) is 9.12. The van der Waals surface area contributed by atoms with Crippen LogP contribution in [-0.4, -0.2) is 78.5 Å². The van der Waals surface area contributed by atoms with Crippen LogP contribution in [0.2, 0.25) is 0 Å². The fourth-order valence-electron chi connectivity index (χ4n) is 7.33. The molecule has 48 heavy (non-hydrogen) atoms. The van der Waals surface area contributed by atoms with Crippen LogP contribution in [-0.2, 0) is 40.4 Å². The van der Waals surface area contributed by atoms with E-state index in [2.05, 4.69) is 20.3 Å². The predicted octanol–water partition coefficient (Wildman–Crippen LogP) is 2.53. The van der Waals surface area contributed by atoms with E-state index < -0.39 is 75.1 Å². The first-order chi connectivity index (χ1) is 22.4. The topological polar surface area (TPSA) is 209 Å². The minimum atomic E-state index is -4.11. The molecule has 262 valence electrons. The highest BCUT2D eigenvalue weighted by atomic mass is 32.2. The Morgan fingerprint density at radius 3 is 2.40 bits per heavy atom. The molecule has 1 heterocycles. The normalized spacial score (nSPS) is 21.3.